The Bertz CT molecular complexity index is 587. The SMILES string of the molecule is Cl.O=C1CNCCN1C1CCCN(S(=O)(=O)N2CC3CCC2C3)C1. The van der Waals surface area contributed by atoms with Gasteiger partial charge in [-0.3, -0.25) is 4.79 Å². The van der Waals surface area contributed by atoms with E-state index in [-0.39, 0.29) is 30.4 Å². The lowest BCUT2D eigenvalue weighted by Gasteiger charge is -2.42. The summed E-state index contributed by atoms with van der Waals surface area (Å²) in [4.78, 5) is 14.0. The van der Waals surface area contributed by atoms with Gasteiger partial charge in [0.05, 0.1) is 6.54 Å². The third kappa shape index (κ3) is 3.19. The molecule has 0 radical (unpaired) electrons. The number of carbonyl (C=O) groups is 1. The second-order valence-electron chi connectivity index (χ2n) is 7.33. The maximum atomic E-state index is 13.0. The number of nitrogens with one attached hydrogen (secondary N) is 1. The van der Waals surface area contributed by atoms with Crippen LogP contribution in [0.2, 0.25) is 0 Å². The quantitative estimate of drug-likeness (QED) is 0.752. The Morgan fingerprint density at radius 2 is 1.88 bits per heavy atom. The van der Waals surface area contributed by atoms with Crippen LogP contribution in [0, 0.1) is 5.92 Å². The molecule has 4 rings (SSSR count). The first-order valence-corrected chi connectivity index (χ1v) is 10.2. The van der Waals surface area contributed by atoms with Crippen LogP contribution in [0.5, 0.6) is 0 Å². The van der Waals surface area contributed by atoms with Gasteiger partial charge in [0.1, 0.15) is 0 Å². The first-order chi connectivity index (χ1) is 11.1. The number of fused-ring (bicyclic) bond motifs is 2. The average Bonchev–Trinajstić information content (AvgIpc) is 3.19. The molecule has 0 spiro atoms. The van der Waals surface area contributed by atoms with Gasteiger partial charge in [-0.1, -0.05) is 0 Å². The summed E-state index contributed by atoms with van der Waals surface area (Å²) in [5.74, 6) is 0.658. The summed E-state index contributed by atoms with van der Waals surface area (Å²) in [6.07, 6.45) is 4.96. The number of piperazine rings is 1. The van der Waals surface area contributed by atoms with Crippen LogP contribution < -0.4 is 5.32 Å². The molecule has 24 heavy (non-hydrogen) atoms. The minimum Gasteiger partial charge on any atom is -0.336 e. The first-order valence-electron chi connectivity index (χ1n) is 8.83. The summed E-state index contributed by atoms with van der Waals surface area (Å²) in [5, 5.41) is 3.08. The molecule has 138 valence electrons. The fourth-order valence-electron chi connectivity index (χ4n) is 4.70. The number of amides is 1. The molecule has 3 heterocycles. The standard InChI is InChI=1S/C15H26N4O3S.ClH/c20-15-9-16-5-7-18(15)14-2-1-6-17(11-14)23(21,22)19-10-12-3-4-13(19)8-12;/h12-14,16H,1-11H2;1H. The Labute approximate surface area is 150 Å². The van der Waals surface area contributed by atoms with Crippen LogP contribution in [0.25, 0.3) is 0 Å². The summed E-state index contributed by atoms with van der Waals surface area (Å²) in [5.41, 5.74) is 0. The van der Waals surface area contributed by atoms with Crippen molar-refractivity contribution in [3.8, 4) is 0 Å². The maximum Gasteiger partial charge on any atom is 0.282 e. The van der Waals surface area contributed by atoms with Gasteiger partial charge >= 0.3 is 0 Å². The molecule has 3 unspecified atom stereocenters. The fraction of sp³-hybridized carbons (Fsp3) is 0.933. The molecular formula is C15H27ClN4O3S. The molecule has 1 aliphatic carbocycles. The lowest BCUT2D eigenvalue weighted by molar-refractivity contribution is -0.135. The van der Waals surface area contributed by atoms with Gasteiger partial charge in [-0.05, 0) is 38.0 Å². The molecule has 0 aromatic carbocycles. The van der Waals surface area contributed by atoms with Crippen molar-refractivity contribution in [2.75, 3.05) is 39.3 Å². The van der Waals surface area contributed by atoms with Crippen molar-refractivity contribution >= 4 is 28.5 Å². The van der Waals surface area contributed by atoms with E-state index in [0.29, 0.717) is 38.6 Å². The fourth-order valence-corrected chi connectivity index (χ4v) is 6.69. The van der Waals surface area contributed by atoms with Crippen molar-refractivity contribution in [3.63, 3.8) is 0 Å². The number of hydrogen-bond donors (Lipinski definition) is 1. The molecule has 0 aromatic rings. The van der Waals surface area contributed by atoms with Gasteiger partial charge in [0, 0.05) is 44.8 Å². The summed E-state index contributed by atoms with van der Waals surface area (Å²) in [6.45, 7) is 3.60. The molecule has 1 saturated carbocycles. The lowest BCUT2D eigenvalue weighted by Crippen LogP contribution is -2.59. The van der Waals surface area contributed by atoms with Gasteiger partial charge in [0.2, 0.25) is 5.91 Å². The Hall–Kier alpha value is -0.410. The predicted octanol–water partition coefficient (Wildman–Crippen LogP) is 0.0335. The van der Waals surface area contributed by atoms with Gasteiger partial charge in [-0.25, -0.2) is 0 Å². The number of hydrogen-bond acceptors (Lipinski definition) is 4. The molecule has 3 aliphatic heterocycles. The van der Waals surface area contributed by atoms with Crippen LogP contribution in [0.3, 0.4) is 0 Å². The van der Waals surface area contributed by atoms with E-state index < -0.39 is 10.2 Å². The predicted molar refractivity (Wildman–Crippen MR) is 93.2 cm³/mol. The summed E-state index contributed by atoms with van der Waals surface area (Å²) < 4.78 is 29.4. The molecule has 0 aromatic heterocycles. The summed E-state index contributed by atoms with van der Waals surface area (Å²) >= 11 is 0. The molecule has 1 amide bonds. The molecule has 2 bridgehead atoms. The third-order valence-corrected chi connectivity index (χ3v) is 7.93. The van der Waals surface area contributed by atoms with Crippen LogP contribution in [-0.4, -0.2) is 79.2 Å². The Morgan fingerprint density at radius 1 is 1.04 bits per heavy atom. The van der Waals surface area contributed by atoms with Crippen LogP contribution in [-0.2, 0) is 15.0 Å². The molecule has 3 atom stereocenters. The highest BCUT2D eigenvalue weighted by Crippen LogP contribution is 2.40. The minimum atomic E-state index is -3.37. The maximum absolute atomic E-state index is 13.0. The second-order valence-corrected chi connectivity index (χ2v) is 9.21. The summed E-state index contributed by atoms with van der Waals surface area (Å²) in [7, 11) is -3.37. The molecule has 9 heteroatoms. The van der Waals surface area contributed by atoms with E-state index in [2.05, 4.69) is 5.32 Å². The van der Waals surface area contributed by atoms with Crippen molar-refractivity contribution in [3.05, 3.63) is 0 Å². The normalized spacial score (nSPS) is 35.2. The Kier molecular flexibility index (Phi) is 5.42. The monoisotopic (exact) mass is 378 g/mol. The number of rotatable bonds is 3. The molecule has 7 nitrogen and oxygen atoms in total. The van der Waals surface area contributed by atoms with Crippen LogP contribution >= 0.6 is 12.4 Å². The largest absolute Gasteiger partial charge is 0.336 e. The van der Waals surface area contributed by atoms with Crippen LogP contribution in [0.1, 0.15) is 32.1 Å². The summed E-state index contributed by atoms with van der Waals surface area (Å²) in [6, 6.07) is 0.249. The van der Waals surface area contributed by atoms with Crippen molar-refractivity contribution in [2.24, 2.45) is 5.92 Å². The van der Waals surface area contributed by atoms with Crippen molar-refractivity contribution in [1.82, 2.24) is 18.8 Å². The Balaban J connectivity index is 0.00000169. The van der Waals surface area contributed by atoms with Crippen molar-refractivity contribution in [2.45, 2.75) is 44.2 Å². The molecule has 1 N–H and O–H groups in total. The average molecular weight is 379 g/mol. The van der Waals surface area contributed by atoms with E-state index in [9.17, 15) is 13.2 Å². The van der Waals surface area contributed by atoms with E-state index in [1.807, 2.05) is 4.90 Å². The zero-order chi connectivity index (χ0) is 16.0. The van der Waals surface area contributed by atoms with Crippen molar-refractivity contribution < 1.29 is 13.2 Å². The number of halogens is 1. The van der Waals surface area contributed by atoms with E-state index in [1.165, 1.54) is 6.42 Å². The van der Waals surface area contributed by atoms with Crippen LogP contribution in [0.4, 0.5) is 0 Å². The smallest absolute Gasteiger partial charge is 0.282 e. The van der Waals surface area contributed by atoms with Crippen LogP contribution in [0.15, 0.2) is 0 Å². The topological polar surface area (TPSA) is 73.0 Å². The molecule has 3 saturated heterocycles. The van der Waals surface area contributed by atoms with Gasteiger partial charge in [-0.2, -0.15) is 17.0 Å². The van der Waals surface area contributed by atoms with Crippen molar-refractivity contribution in [1.29, 1.82) is 0 Å². The van der Waals surface area contributed by atoms with E-state index in [4.69, 9.17) is 0 Å². The highest BCUT2D eigenvalue weighted by molar-refractivity contribution is 7.86. The first kappa shape index (κ1) is 18.4. The zero-order valence-corrected chi connectivity index (χ0v) is 15.5. The highest BCUT2D eigenvalue weighted by atomic mass is 35.5. The number of piperidine rings is 2. The third-order valence-electron chi connectivity index (χ3n) is 5.91. The minimum absolute atomic E-state index is 0. The van der Waals surface area contributed by atoms with Gasteiger partial charge < -0.3 is 10.2 Å². The van der Waals surface area contributed by atoms with E-state index in [0.717, 1.165) is 32.2 Å². The number of nitrogens with zero attached hydrogens (tertiary/aromatic N) is 3. The molecule has 4 aliphatic rings. The van der Waals surface area contributed by atoms with Gasteiger partial charge in [0.15, 0.2) is 0 Å². The van der Waals surface area contributed by atoms with E-state index in [1.54, 1.807) is 8.61 Å². The van der Waals surface area contributed by atoms with Gasteiger partial charge in [0.25, 0.3) is 10.2 Å². The molecular weight excluding hydrogens is 352 g/mol. The lowest BCUT2D eigenvalue weighted by atomic mass is 10.1. The second kappa shape index (κ2) is 7.07. The zero-order valence-electron chi connectivity index (χ0n) is 13.9. The van der Waals surface area contributed by atoms with Gasteiger partial charge in [-0.15, -0.1) is 12.4 Å². The highest BCUT2D eigenvalue weighted by Gasteiger charge is 2.47. The Morgan fingerprint density at radius 3 is 2.54 bits per heavy atom. The van der Waals surface area contributed by atoms with E-state index >= 15 is 0 Å². The molecule has 4 fully saturated rings. The number of carbonyl (C=O) groups excluding carboxylic acids is 1.